The molecule has 0 aliphatic rings. The third-order valence-electron chi connectivity index (χ3n) is 2.40. The lowest BCUT2D eigenvalue weighted by atomic mass is 10.2. The Morgan fingerprint density at radius 1 is 1.26 bits per heavy atom. The Morgan fingerprint density at radius 3 is 2.79 bits per heavy atom. The van der Waals surface area contributed by atoms with Crippen molar-refractivity contribution in [3.05, 3.63) is 35.5 Å². The zero-order chi connectivity index (χ0) is 13.9. The lowest BCUT2D eigenvalue weighted by Crippen LogP contribution is -2.19. The molecule has 102 valence electrons. The maximum Gasteiger partial charge on any atom is 0.522 e. The fourth-order valence-corrected chi connectivity index (χ4v) is 1.85. The molecule has 0 unspecified atom stereocenters. The van der Waals surface area contributed by atoms with E-state index in [0.29, 0.717) is 16.2 Å². The van der Waals surface area contributed by atoms with Crippen LogP contribution in [0.2, 0.25) is 5.02 Å². The molecule has 1 heterocycles. The Morgan fingerprint density at radius 2 is 2.05 bits per heavy atom. The highest BCUT2D eigenvalue weighted by atomic mass is 35.5. The normalized spacial score (nSPS) is 11.8. The number of halogens is 4. The first kappa shape index (κ1) is 13.9. The average molecular weight is 291 g/mol. The molecule has 0 bridgehead atoms. The highest BCUT2D eigenvalue weighted by Crippen LogP contribution is 2.27. The van der Waals surface area contributed by atoms with Gasteiger partial charge in [0.2, 0.25) is 0 Å². The van der Waals surface area contributed by atoms with Gasteiger partial charge in [0.05, 0.1) is 22.8 Å². The summed E-state index contributed by atoms with van der Waals surface area (Å²) in [5, 5.41) is 4.12. The number of ether oxygens (including phenoxy) is 1. The van der Waals surface area contributed by atoms with Gasteiger partial charge in [-0.3, -0.25) is 9.72 Å². The van der Waals surface area contributed by atoms with Crippen molar-refractivity contribution in [3.8, 4) is 0 Å². The molecule has 2 rings (SSSR count). The number of alkyl halides is 3. The van der Waals surface area contributed by atoms with Gasteiger partial charge >= 0.3 is 6.36 Å². The summed E-state index contributed by atoms with van der Waals surface area (Å²) >= 11 is 6.01. The van der Waals surface area contributed by atoms with Crippen LogP contribution in [0.3, 0.4) is 0 Å². The van der Waals surface area contributed by atoms with E-state index >= 15 is 0 Å². The van der Waals surface area contributed by atoms with Crippen molar-refractivity contribution in [2.24, 2.45) is 0 Å². The topological polar surface area (TPSA) is 34.1 Å². The molecule has 1 N–H and O–H groups in total. The molecule has 1 aromatic heterocycles. The molecule has 0 aliphatic heterocycles. The third-order valence-corrected chi connectivity index (χ3v) is 2.73. The highest BCUT2D eigenvalue weighted by molar-refractivity contribution is 6.35. The van der Waals surface area contributed by atoms with Crippen molar-refractivity contribution < 1.29 is 17.9 Å². The lowest BCUT2D eigenvalue weighted by molar-refractivity contribution is -0.322. The molecule has 0 atom stereocenters. The minimum Gasteiger partial charge on any atom is -0.381 e. The molecule has 7 heteroatoms. The van der Waals surface area contributed by atoms with Gasteiger partial charge in [-0.2, -0.15) is 0 Å². The SMILES string of the molecule is FC(F)(F)OCCNc1ccc(Cl)c2cccnc12. The van der Waals surface area contributed by atoms with Crippen LogP contribution in [-0.2, 0) is 4.74 Å². The summed E-state index contributed by atoms with van der Waals surface area (Å²) in [6, 6.07) is 6.87. The molecule has 0 saturated carbocycles. The van der Waals surface area contributed by atoms with Crippen LogP contribution < -0.4 is 5.32 Å². The first-order valence-electron chi connectivity index (χ1n) is 5.45. The Bertz CT molecular complexity index is 574. The van der Waals surface area contributed by atoms with E-state index in [2.05, 4.69) is 15.0 Å². The quantitative estimate of drug-likeness (QED) is 0.869. The van der Waals surface area contributed by atoms with Crippen LogP contribution in [-0.4, -0.2) is 24.5 Å². The van der Waals surface area contributed by atoms with Gasteiger partial charge in [-0.1, -0.05) is 11.6 Å². The minimum absolute atomic E-state index is 0.0207. The van der Waals surface area contributed by atoms with Crippen LogP contribution in [0.5, 0.6) is 0 Å². The summed E-state index contributed by atoms with van der Waals surface area (Å²) in [6.45, 7) is -0.451. The number of fused-ring (bicyclic) bond motifs is 1. The van der Waals surface area contributed by atoms with Crippen molar-refractivity contribution in [2.45, 2.75) is 6.36 Å². The van der Waals surface area contributed by atoms with E-state index in [9.17, 15) is 13.2 Å². The monoisotopic (exact) mass is 290 g/mol. The van der Waals surface area contributed by atoms with Gasteiger partial charge in [0.1, 0.15) is 0 Å². The van der Waals surface area contributed by atoms with Crippen molar-refractivity contribution in [1.29, 1.82) is 0 Å². The summed E-state index contributed by atoms with van der Waals surface area (Å²) in [7, 11) is 0. The predicted octanol–water partition coefficient (Wildman–Crippen LogP) is 3.84. The van der Waals surface area contributed by atoms with Crippen molar-refractivity contribution in [2.75, 3.05) is 18.5 Å². The van der Waals surface area contributed by atoms with Gasteiger partial charge in [0, 0.05) is 18.1 Å². The summed E-state index contributed by atoms with van der Waals surface area (Å²) in [5.41, 5.74) is 1.23. The van der Waals surface area contributed by atoms with Gasteiger partial charge in [-0.25, -0.2) is 0 Å². The van der Waals surface area contributed by atoms with E-state index in [-0.39, 0.29) is 6.54 Å². The average Bonchev–Trinajstić information content (AvgIpc) is 2.36. The van der Waals surface area contributed by atoms with Crippen molar-refractivity contribution in [3.63, 3.8) is 0 Å². The lowest BCUT2D eigenvalue weighted by Gasteiger charge is -2.11. The first-order valence-corrected chi connectivity index (χ1v) is 5.83. The van der Waals surface area contributed by atoms with E-state index in [1.807, 2.05) is 0 Å². The smallest absolute Gasteiger partial charge is 0.381 e. The van der Waals surface area contributed by atoms with E-state index in [1.165, 1.54) is 0 Å². The first-order chi connectivity index (χ1) is 8.97. The molecule has 2 aromatic rings. The maximum atomic E-state index is 11.8. The van der Waals surface area contributed by atoms with Crippen LogP contribution in [0, 0.1) is 0 Å². The van der Waals surface area contributed by atoms with Crippen LogP contribution >= 0.6 is 11.6 Å². The van der Waals surface area contributed by atoms with E-state index in [1.54, 1.807) is 30.5 Å². The molecular weight excluding hydrogens is 281 g/mol. The van der Waals surface area contributed by atoms with Gasteiger partial charge in [-0.05, 0) is 24.3 Å². The number of nitrogens with zero attached hydrogens (tertiary/aromatic N) is 1. The van der Waals surface area contributed by atoms with Gasteiger partial charge in [0.25, 0.3) is 0 Å². The van der Waals surface area contributed by atoms with Crippen LogP contribution in [0.25, 0.3) is 10.9 Å². The molecule has 0 amide bonds. The molecule has 1 aromatic carbocycles. The largest absolute Gasteiger partial charge is 0.522 e. The molecule has 0 fully saturated rings. The van der Waals surface area contributed by atoms with Crippen LogP contribution in [0.15, 0.2) is 30.5 Å². The number of benzene rings is 1. The predicted molar refractivity (Wildman–Crippen MR) is 67.2 cm³/mol. The zero-order valence-corrected chi connectivity index (χ0v) is 10.4. The highest BCUT2D eigenvalue weighted by Gasteiger charge is 2.28. The Kier molecular flexibility index (Phi) is 4.11. The standard InChI is InChI=1S/C12H10ClF3N2O/c13-9-3-4-10(11-8(9)2-1-5-18-11)17-6-7-19-12(14,15)16/h1-5,17H,6-7H2. The molecule has 0 saturated heterocycles. The fourth-order valence-electron chi connectivity index (χ4n) is 1.63. The van der Waals surface area contributed by atoms with Crippen molar-refractivity contribution >= 4 is 28.2 Å². The number of anilines is 1. The molecule has 19 heavy (non-hydrogen) atoms. The molecule has 0 spiro atoms. The second-order valence-corrected chi connectivity index (χ2v) is 4.12. The zero-order valence-electron chi connectivity index (χ0n) is 9.67. The number of nitrogens with one attached hydrogen (secondary N) is 1. The third kappa shape index (κ3) is 3.71. The van der Waals surface area contributed by atoms with Crippen LogP contribution in [0.1, 0.15) is 0 Å². The Labute approximate surface area is 112 Å². The van der Waals surface area contributed by atoms with Crippen molar-refractivity contribution in [1.82, 2.24) is 4.98 Å². The number of pyridine rings is 1. The Hall–Kier alpha value is -1.53. The van der Waals surface area contributed by atoms with Gasteiger partial charge in [-0.15, -0.1) is 13.2 Å². The second kappa shape index (κ2) is 5.63. The number of rotatable bonds is 4. The summed E-state index contributed by atoms with van der Waals surface area (Å²) < 4.78 is 39.1. The second-order valence-electron chi connectivity index (χ2n) is 3.72. The van der Waals surface area contributed by atoms with Crippen LogP contribution in [0.4, 0.5) is 18.9 Å². The number of hydrogen-bond donors (Lipinski definition) is 1. The maximum absolute atomic E-state index is 11.8. The van der Waals surface area contributed by atoms with E-state index in [4.69, 9.17) is 11.6 Å². The van der Waals surface area contributed by atoms with E-state index < -0.39 is 13.0 Å². The summed E-state index contributed by atoms with van der Waals surface area (Å²) in [6.07, 6.45) is -3.02. The molecule has 0 aliphatic carbocycles. The summed E-state index contributed by atoms with van der Waals surface area (Å²) in [4.78, 5) is 4.16. The molecule has 3 nitrogen and oxygen atoms in total. The van der Waals surface area contributed by atoms with Gasteiger partial charge < -0.3 is 5.32 Å². The van der Waals surface area contributed by atoms with Gasteiger partial charge in [0.15, 0.2) is 0 Å². The number of aromatic nitrogens is 1. The summed E-state index contributed by atoms with van der Waals surface area (Å²) in [5.74, 6) is 0. The molecular formula is C12H10ClF3N2O. The Balaban J connectivity index is 2.07. The van der Waals surface area contributed by atoms with E-state index in [0.717, 1.165) is 5.39 Å². The molecule has 0 radical (unpaired) electrons. The minimum atomic E-state index is -4.61. The fraction of sp³-hybridized carbons (Fsp3) is 0.250. The number of hydrogen-bond acceptors (Lipinski definition) is 3.